The second-order valence-corrected chi connectivity index (χ2v) is 8.92. The Labute approximate surface area is 176 Å². The monoisotopic (exact) mass is 415 g/mol. The van der Waals surface area contributed by atoms with Gasteiger partial charge in [-0.05, 0) is 69.7 Å². The minimum atomic E-state index is -0.325. The van der Waals surface area contributed by atoms with Gasteiger partial charge in [0.15, 0.2) is 5.75 Å². The lowest BCUT2D eigenvalue weighted by Gasteiger charge is -2.35. The lowest BCUT2D eigenvalue weighted by molar-refractivity contribution is 0.0886. The number of nitrogens with one attached hydrogen (secondary N) is 1. The Morgan fingerprint density at radius 2 is 1.97 bits per heavy atom. The smallest absolute Gasteiger partial charge is 0.408 e. The molecule has 0 spiro atoms. The quantitative estimate of drug-likeness (QED) is 0.781. The average Bonchev–Trinajstić information content (AvgIpc) is 3.15. The van der Waals surface area contributed by atoms with Gasteiger partial charge in [0.2, 0.25) is 0 Å². The van der Waals surface area contributed by atoms with Crippen molar-refractivity contribution in [1.82, 2.24) is 15.2 Å². The molecule has 0 radical (unpaired) electrons. The molecule has 2 aromatic heterocycles. The molecule has 0 bridgehead atoms. The molecule has 0 aliphatic carbocycles. The predicted octanol–water partition coefficient (Wildman–Crippen LogP) is 4.49. The maximum atomic E-state index is 12.6. The van der Waals surface area contributed by atoms with Gasteiger partial charge in [-0.1, -0.05) is 6.92 Å². The van der Waals surface area contributed by atoms with Gasteiger partial charge in [-0.3, -0.25) is 9.78 Å². The molecule has 1 atom stereocenters. The number of ether oxygens (including phenoxy) is 1. The maximum absolute atomic E-state index is 12.6. The number of carbonyl (C=O) groups excluding carboxylic acids is 2. The number of rotatable bonds is 5. The lowest BCUT2D eigenvalue weighted by atomic mass is 9.88. The van der Waals surface area contributed by atoms with Gasteiger partial charge in [-0.2, -0.15) is 0 Å². The van der Waals surface area contributed by atoms with Crippen molar-refractivity contribution in [2.24, 2.45) is 5.92 Å². The zero-order chi connectivity index (χ0) is 21.0. The molecule has 156 valence electrons. The van der Waals surface area contributed by atoms with Crippen molar-refractivity contribution < 1.29 is 14.3 Å². The summed E-state index contributed by atoms with van der Waals surface area (Å²) in [6, 6.07) is 5.80. The summed E-state index contributed by atoms with van der Waals surface area (Å²) in [6.45, 7) is 9.11. The number of pyridine rings is 1. The van der Waals surface area contributed by atoms with Crippen LogP contribution >= 0.6 is 11.3 Å². The number of likely N-dealkylation sites (tertiary alicyclic amines) is 1. The van der Waals surface area contributed by atoms with E-state index in [2.05, 4.69) is 17.2 Å². The number of piperidine rings is 1. The molecule has 1 N–H and O–H groups in total. The van der Waals surface area contributed by atoms with E-state index in [9.17, 15) is 9.59 Å². The van der Waals surface area contributed by atoms with Crippen molar-refractivity contribution in [2.75, 3.05) is 13.1 Å². The van der Waals surface area contributed by atoms with Crippen LogP contribution in [0.15, 0.2) is 24.4 Å². The third-order valence-electron chi connectivity index (χ3n) is 5.56. The Kier molecular flexibility index (Phi) is 6.90. The first-order valence-corrected chi connectivity index (χ1v) is 11.0. The van der Waals surface area contributed by atoms with Crippen molar-refractivity contribution in [2.45, 2.75) is 53.0 Å². The number of amides is 2. The van der Waals surface area contributed by atoms with E-state index in [4.69, 9.17) is 4.74 Å². The molecule has 1 fully saturated rings. The van der Waals surface area contributed by atoms with E-state index in [1.165, 1.54) is 11.3 Å². The van der Waals surface area contributed by atoms with Gasteiger partial charge in [-0.25, -0.2) is 4.79 Å². The Morgan fingerprint density at radius 1 is 1.24 bits per heavy atom. The molecular formula is C22H29N3O3S. The van der Waals surface area contributed by atoms with Crippen LogP contribution in [0.25, 0.3) is 0 Å². The summed E-state index contributed by atoms with van der Waals surface area (Å²) in [6.07, 6.45) is 3.96. The minimum absolute atomic E-state index is 0.000632. The molecule has 29 heavy (non-hydrogen) atoms. The highest BCUT2D eigenvalue weighted by Crippen LogP contribution is 2.26. The van der Waals surface area contributed by atoms with Crippen LogP contribution in [-0.4, -0.2) is 41.0 Å². The van der Waals surface area contributed by atoms with Gasteiger partial charge in [0.1, 0.15) is 0 Å². The maximum Gasteiger partial charge on any atom is 0.415 e. The second kappa shape index (κ2) is 9.39. The third-order valence-corrected chi connectivity index (χ3v) is 6.56. The fourth-order valence-corrected chi connectivity index (χ4v) is 4.59. The highest BCUT2D eigenvalue weighted by atomic mass is 32.1. The van der Waals surface area contributed by atoms with E-state index in [1.807, 2.05) is 39.0 Å². The van der Waals surface area contributed by atoms with Crippen molar-refractivity contribution in [3.8, 4) is 5.75 Å². The summed E-state index contributed by atoms with van der Waals surface area (Å²) in [5, 5.41) is 3.19. The van der Waals surface area contributed by atoms with Crippen LogP contribution < -0.4 is 10.1 Å². The summed E-state index contributed by atoms with van der Waals surface area (Å²) in [7, 11) is 0. The SMILES string of the molecule is CC[C@@H](NC(=O)c1ccc(C)s1)C1CCN(C(=O)Oc2c(C)ccnc2C)CC1. The summed E-state index contributed by atoms with van der Waals surface area (Å²) in [4.78, 5) is 32.9. The van der Waals surface area contributed by atoms with Crippen LogP contribution in [0, 0.1) is 26.7 Å². The zero-order valence-corrected chi connectivity index (χ0v) is 18.3. The first-order valence-electron chi connectivity index (χ1n) is 10.1. The average molecular weight is 416 g/mol. The molecule has 3 rings (SSSR count). The van der Waals surface area contributed by atoms with E-state index in [0.29, 0.717) is 30.5 Å². The second-order valence-electron chi connectivity index (χ2n) is 7.63. The van der Waals surface area contributed by atoms with E-state index in [0.717, 1.165) is 34.6 Å². The van der Waals surface area contributed by atoms with Crippen molar-refractivity contribution in [3.05, 3.63) is 45.4 Å². The van der Waals surface area contributed by atoms with Crippen LogP contribution in [0.3, 0.4) is 0 Å². The fourth-order valence-electron chi connectivity index (χ4n) is 3.82. The number of aromatic nitrogens is 1. The number of thiophene rings is 1. The molecule has 2 aromatic rings. The highest BCUT2D eigenvalue weighted by molar-refractivity contribution is 7.13. The Hall–Kier alpha value is -2.41. The topological polar surface area (TPSA) is 71.5 Å². The molecule has 1 aliphatic rings. The van der Waals surface area contributed by atoms with E-state index >= 15 is 0 Å². The standard InChI is InChI=1S/C22H29N3O3S/c1-5-18(24-21(26)19-7-6-15(3)29-19)17-9-12-25(13-10-17)22(27)28-20-14(2)8-11-23-16(20)4/h6-8,11,17-18H,5,9-10,12-13H2,1-4H3,(H,24,26)/t18-/m1/s1. The minimum Gasteiger partial charge on any atom is -0.408 e. The fraction of sp³-hybridized carbons (Fsp3) is 0.500. The molecular weight excluding hydrogens is 386 g/mol. The molecule has 3 heterocycles. The van der Waals surface area contributed by atoms with Crippen molar-refractivity contribution >= 4 is 23.3 Å². The predicted molar refractivity (Wildman–Crippen MR) is 115 cm³/mol. The van der Waals surface area contributed by atoms with Crippen molar-refractivity contribution in [1.29, 1.82) is 0 Å². The first-order chi connectivity index (χ1) is 13.9. The normalized spacial score (nSPS) is 15.8. The van der Waals surface area contributed by atoms with Gasteiger partial charge < -0.3 is 15.0 Å². The van der Waals surface area contributed by atoms with Gasteiger partial charge in [0, 0.05) is 30.2 Å². The van der Waals surface area contributed by atoms with Crippen LogP contribution in [0.1, 0.15) is 52.0 Å². The highest BCUT2D eigenvalue weighted by Gasteiger charge is 2.30. The largest absolute Gasteiger partial charge is 0.415 e. The van der Waals surface area contributed by atoms with Gasteiger partial charge in [0.25, 0.3) is 5.91 Å². The van der Waals surface area contributed by atoms with E-state index in [-0.39, 0.29) is 18.0 Å². The number of hydrogen-bond donors (Lipinski definition) is 1. The van der Waals surface area contributed by atoms with Crippen LogP contribution in [0.5, 0.6) is 5.75 Å². The van der Waals surface area contributed by atoms with Crippen LogP contribution in [-0.2, 0) is 0 Å². The molecule has 1 saturated heterocycles. The van der Waals surface area contributed by atoms with E-state index in [1.54, 1.807) is 11.1 Å². The zero-order valence-electron chi connectivity index (χ0n) is 17.5. The number of hydrogen-bond acceptors (Lipinski definition) is 5. The lowest BCUT2D eigenvalue weighted by Crippen LogP contribution is -2.47. The molecule has 1 aliphatic heterocycles. The van der Waals surface area contributed by atoms with Gasteiger partial charge in [0.05, 0.1) is 10.6 Å². The van der Waals surface area contributed by atoms with Gasteiger partial charge >= 0.3 is 6.09 Å². The first kappa shape index (κ1) is 21.3. The van der Waals surface area contributed by atoms with Crippen molar-refractivity contribution in [3.63, 3.8) is 0 Å². The van der Waals surface area contributed by atoms with Gasteiger partial charge in [-0.15, -0.1) is 11.3 Å². The Bertz CT molecular complexity index is 852. The summed E-state index contributed by atoms with van der Waals surface area (Å²) >= 11 is 1.52. The molecule has 6 nitrogen and oxygen atoms in total. The Balaban J connectivity index is 1.54. The number of nitrogens with zero attached hydrogens (tertiary/aromatic N) is 2. The summed E-state index contributed by atoms with van der Waals surface area (Å²) in [5.74, 6) is 0.903. The van der Waals surface area contributed by atoms with Crippen LogP contribution in [0.2, 0.25) is 0 Å². The molecule has 0 aromatic carbocycles. The summed E-state index contributed by atoms with van der Waals surface area (Å²) < 4.78 is 5.62. The molecule has 0 saturated carbocycles. The third kappa shape index (κ3) is 5.15. The molecule has 0 unspecified atom stereocenters. The van der Waals surface area contributed by atoms with E-state index < -0.39 is 0 Å². The number of aryl methyl sites for hydroxylation is 3. The Morgan fingerprint density at radius 3 is 2.55 bits per heavy atom. The van der Waals surface area contributed by atoms with Crippen LogP contribution in [0.4, 0.5) is 4.79 Å². The molecule has 7 heteroatoms. The number of carbonyl (C=O) groups is 2. The molecule has 2 amide bonds. The summed E-state index contributed by atoms with van der Waals surface area (Å²) in [5.41, 5.74) is 1.61.